The second kappa shape index (κ2) is 8.07. The van der Waals surface area contributed by atoms with Crippen molar-refractivity contribution in [2.45, 2.75) is 43.6 Å². The number of rotatable bonds is 5. The molecular weight excluding hydrogens is 477 g/mol. The number of aliphatic hydroxyl groups is 1. The number of piperazine rings is 1. The maximum atomic E-state index is 13.3. The molecule has 12 heteroatoms. The highest BCUT2D eigenvalue weighted by atomic mass is 19.4. The van der Waals surface area contributed by atoms with Gasteiger partial charge in [0.25, 0.3) is 5.91 Å². The molecule has 2 N–H and O–H groups in total. The molecule has 0 radical (unpaired) electrons. The van der Waals surface area contributed by atoms with E-state index in [1.165, 1.54) is 15.6 Å². The topological polar surface area (TPSA) is 95.2 Å². The average molecular weight is 502 g/mol. The maximum Gasteiger partial charge on any atom is 0.401 e. The molecule has 2 aromatic heterocycles. The summed E-state index contributed by atoms with van der Waals surface area (Å²) in [7, 11) is 0. The molecule has 3 atom stereocenters. The number of hydrogen-bond donors (Lipinski definition) is 2. The lowest BCUT2D eigenvalue weighted by Crippen LogP contribution is -2.49. The van der Waals surface area contributed by atoms with Gasteiger partial charge >= 0.3 is 6.18 Å². The van der Waals surface area contributed by atoms with Gasteiger partial charge in [-0.2, -0.15) is 18.3 Å². The number of nitrogens with one attached hydrogen (secondary N) is 1. The Bertz CT molecular complexity index is 1340. The minimum absolute atomic E-state index is 0.115. The van der Waals surface area contributed by atoms with Gasteiger partial charge in [-0.1, -0.05) is 0 Å². The maximum absolute atomic E-state index is 13.3. The molecule has 1 aromatic carbocycles. The zero-order valence-corrected chi connectivity index (χ0v) is 19.5. The fourth-order valence-corrected chi connectivity index (χ4v) is 5.62. The highest BCUT2D eigenvalue weighted by Crippen LogP contribution is 2.45. The van der Waals surface area contributed by atoms with Crippen molar-refractivity contribution in [1.29, 1.82) is 0 Å². The van der Waals surface area contributed by atoms with Crippen molar-refractivity contribution in [3.8, 4) is 5.75 Å². The third-order valence-corrected chi connectivity index (χ3v) is 7.25. The van der Waals surface area contributed by atoms with Crippen molar-refractivity contribution < 1.29 is 27.8 Å². The number of ether oxygens (including phenoxy) is 1. The first kappa shape index (κ1) is 23.0. The van der Waals surface area contributed by atoms with Crippen LogP contribution in [0.3, 0.4) is 0 Å². The van der Waals surface area contributed by atoms with Crippen molar-refractivity contribution >= 4 is 22.9 Å². The van der Waals surface area contributed by atoms with Crippen molar-refractivity contribution in [3.63, 3.8) is 0 Å². The van der Waals surface area contributed by atoms with Crippen LogP contribution in [0.4, 0.5) is 24.5 Å². The summed E-state index contributed by atoms with van der Waals surface area (Å²) in [5, 5.41) is 17.0. The molecule has 0 aliphatic carbocycles. The van der Waals surface area contributed by atoms with Crippen LogP contribution in [0, 0.1) is 0 Å². The molecule has 0 saturated carbocycles. The second-order valence-electron chi connectivity index (χ2n) is 10.0. The van der Waals surface area contributed by atoms with Gasteiger partial charge in [0.2, 0.25) is 0 Å². The number of carbonyl (C=O) groups excluding carboxylic acids is 1. The smallest absolute Gasteiger partial charge is 0.401 e. The van der Waals surface area contributed by atoms with Crippen molar-refractivity contribution in [3.05, 3.63) is 47.9 Å². The zero-order chi connectivity index (χ0) is 25.2. The fourth-order valence-electron chi connectivity index (χ4n) is 5.62. The molecule has 3 aliphatic rings. The molecular formula is C24H25F3N6O3. The van der Waals surface area contributed by atoms with Gasteiger partial charge in [0.15, 0.2) is 5.65 Å². The molecule has 190 valence electrons. The van der Waals surface area contributed by atoms with Gasteiger partial charge < -0.3 is 20.1 Å². The average Bonchev–Trinajstić information content (AvgIpc) is 3.58. The molecule has 0 spiro atoms. The van der Waals surface area contributed by atoms with Crippen LogP contribution in [-0.2, 0) is 6.42 Å². The molecule has 36 heavy (non-hydrogen) atoms. The summed E-state index contributed by atoms with van der Waals surface area (Å²) in [5.41, 5.74) is 2.01. The highest BCUT2D eigenvalue weighted by Gasteiger charge is 2.47. The summed E-state index contributed by atoms with van der Waals surface area (Å²) in [6.45, 7) is 1.42. The van der Waals surface area contributed by atoms with E-state index in [-0.39, 0.29) is 18.7 Å². The number of anilines is 2. The number of alkyl halides is 3. The number of hydrogen-bond acceptors (Lipinski definition) is 7. The summed E-state index contributed by atoms with van der Waals surface area (Å²) >= 11 is 0. The fraction of sp³-hybridized carbons (Fsp3) is 0.458. The van der Waals surface area contributed by atoms with Crippen LogP contribution in [0.25, 0.3) is 5.65 Å². The lowest BCUT2D eigenvalue weighted by molar-refractivity contribution is -0.148. The van der Waals surface area contributed by atoms with E-state index < -0.39 is 24.2 Å². The van der Waals surface area contributed by atoms with E-state index in [9.17, 15) is 23.1 Å². The minimum atomic E-state index is -4.24. The Morgan fingerprint density at radius 3 is 2.86 bits per heavy atom. The van der Waals surface area contributed by atoms with Crippen LogP contribution in [0.15, 0.2) is 36.8 Å². The van der Waals surface area contributed by atoms with E-state index in [0.29, 0.717) is 54.3 Å². The van der Waals surface area contributed by atoms with Gasteiger partial charge in [-0.15, -0.1) is 0 Å². The lowest BCUT2D eigenvalue weighted by Gasteiger charge is -2.36. The first-order valence-corrected chi connectivity index (χ1v) is 11.8. The van der Waals surface area contributed by atoms with E-state index in [1.54, 1.807) is 18.5 Å². The van der Waals surface area contributed by atoms with E-state index in [0.717, 1.165) is 5.56 Å². The normalized spacial score (nSPS) is 25.4. The summed E-state index contributed by atoms with van der Waals surface area (Å²) in [5.74, 6) is 0.212. The van der Waals surface area contributed by atoms with Gasteiger partial charge in [-0.3, -0.25) is 9.69 Å². The Morgan fingerprint density at radius 1 is 1.31 bits per heavy atom. The SMILES string of the molecule is CC1(CO)Cc2cc(NC(=O)c3cnn4cccnc34)c(N3C[C@H]4C[C@@H]3CN4CC(F)(F)F)cc2O1. The van der Waals surface area contributed by atoms with E-state index >= 15 is 0 Å². The van der Waals surface area contributed by atoms with Gasteiger partial charge in [0.1, 0.15) is 16.9 Å². The standard InChI is InChI=1S/C24H25F3N6O3/c1-23(13-34)8-14-5-18(30-22(35)17-9-29-33-4-2-3-28-21(17)33)19(7-20(14)36-23)32-11-15-6-16(32)10-31(15)12-24(25,26)27/h2-5,7,9,15-16,34H,6,8,10-13H2,1H3,(H,30,35)/t15-,16-,23?/m1/s1. The number of aromatic nitrogens is 3. The molecule has 9 nitrogen and oxygen atoms in total. The first-order valence-electron chi connectivity index (χ1n) is 11.8. The molecule has 2 fully saturated rings. The Kier molecular flexibility index (Phi) is 5.16. The summed E-state index contributed by atoms with van der Waals surface area (Å²) < 4.78 is 46.6. The Hall–Kier alpha value is -3.38. The summed E-state index contributed by atoms with van der Waals surface area (Å²) in [4.78, 5) is 21.1. The van der Waals surface area contributed by atoms with Crippen molar-refractivity contribution in [2.75, 3.05) is 36.5 Å². The third kappa shape index (κ3) is 3.94. The van der Waals surface area contributed by atoms with Gasteiger partial charge in [0.05, 0.1) is 30.7 Å². The van der Waals surface area contributed by atoms with Gasteiger partial charge in [0, 0.05) is 55.6 Å². The number of likely N-dealkylation sites (tertiary alicyclic amines) is 1. The third-order valence-electron chi connectivity index (χ3n) is 7.25. The van der Waals surface area contributed by atoms with Crippen LogP contribution in [0.1, 0.15) is 29.3 Å². The number of fused-ring (bicyclic) bond motifs is 4. The van der Waals surface area contributed by atoms with Gasteiger partial charge in [-0.25, -0.2) is 9.50 Å². The van der Waals surface area contributed by atoms with Crippen LogP contribution < -0.4 is 15.0 Å². The second-order valence-corrected chi connectivity index (χ2v) is 10.0. The minimum Gasteiger partial charge on any atom is -0.484 e. The van der Waals surface area contributed by atoms with Crippen molar-refractivity contribution in [2.24, 2.45) is 0 Å². The van der Waals surface area contributed by atoms with Crippen LogP contribution in [-0.4, -0.2) is 80.6 Å². The summed E-state index contributed by atoms with van der Waals surface area (Å²) in [6.07, 6.45) is 1.56. The molecule has 1 unspecified atom stereocenters. The van der Waals surface area contributed by atoms with E-state index in [4.69, 9.17) is 4.74 Å². The molecule has 6 rings (SSSR count). The first-order chi connectivity index (χ1) is 17.1. The monoisotopic (exact) mass is 502 g/mol. The van der Waals surface area contributed by atoms with Crippen LogP contribution in [0.2, 0.25) is 0 Å². The number of carbonyl (C=O) groups is 1. The number of nitrogens with zero attached hydrogens (tertiary/aromatic N) is 5. The molecule has 3 aliphatic heterocycles. The molecule has 3 aromatic rings. The Morgan fingerprint density at radius 2 is 2.14 bits per heavy atom. The highest BCUT2D eigenvalue weighted by molar-refractivity contribution is 6.09. The number of amides is 1. The molecule has 5 heterocycles. The van der Waals surface area contributed by atoms with E-state index in [1.807, 2.05) is 19.1 Å². The Balaban J connectivity index is 1.33. The van der Waals surface area contributed by atoms with Crippen LogP contribution >= 0.6 is 0 Å². The number of halogens is 3. The number of benzene rings is 1. The van der Waals surface area contributed by atoms with Gasteiger partial charge in [-0.05, 0) is 25.5 Å². The largest absolute Gasteiger partial charge is 0.484 e. The quantitative estimate of drug-likeness (QED) is 0.554. The van der Waals surface area contributed by atoms with Crippen LogP contribution in [0.5, 0.6) is 5.75 Å². The lowest BCUT2D eigenvalue weighted by atomic mass is 9.99. The molecule has 1 amide bonds. The van der Waals surface area contributed by atoms with Crippen molar-refractivity contribution in [1.82, 2.24) is 19.5 Å². The predicted molar refractivity (Wildman–Crippen MR) is 124 cm³/mol. The molecule has 2 bridgehead atoms. The molecule has 2 saturated heterocycles. The predicted octanol–water partition coefficient (Wildman–Crippen LogP) is 2.49. The Labute approximate surface area is 204 Å². The number of aliphatic hydroxyl groups excluding tert-OH is 1. The zero-order valence-electron chi connectivity index (χ0n) is 19.5. The summed E-state index contributed by atoms with van der Waals surface area (Å²) in [6, 6.07) is 5.04. The van der Waals surface area contributed by atoms with E-state index in [2.05, 4.69) is 20.3 Å².